The van der Waals surface area contributed by atoms with Crippen LogP contribution in [0.15, 0.2) is 52.9 Å². The van der Waals surface area contributed by atoms with E-state index in [0.29, 0.717) is 16.9 Å². The van der Waals surface area contributed by atoms with Crippen molar-refractivity contribution in [2.75, 3.05) is 0 Å². The van der Waals surface area contributed by atoms with Crippen LogP contribution in [0.4, 0.5) is 0 Å². The van der Waals surface area contributed by atoms with Crippen LogP contribution >= 0.6 is 11.8 Å². The van der Waals surface area contributed by atoms with Crippen LogP contribution < -0.4 is 0 Å². The lowest BCUT2D eigenvalue weighted by molar-refractivity contribution is 0.780. The molecule has 0 bridgehead atoms. The lowest BCUT2D eigenvalue weighted by Crippen LogP contribution is -2.01. The molecule has 8 heteroatoms. The van der Waals surface area contributed by atoms with Gasteiger partial charge in [0.2, 0.25) is 5.16 Å². The Morgan fingerprint density at radius 3 is 2.76 bits per heavy atom. The summed E-state index contributed by atoms with van der Waals surface area (Å²) in [6, 6.07) is 12.1. The van der Waals surface area contributed by atoms with E-state index in [1.807, 2.05) is 35.9 Å². The number of nitrogens with zero attached hydrogens (tertiary/aromatic N) is 7. The Morgan fingerprint density at radius 2 is 1.96 bits per heavy atom. The Labute approximate surface area is 148 Å². The molecule has 5 rings (SSSR count). The molecule has 3 aromatic heterocycles. The SMILES string of the molecule is Cc1cc(Sc2nc(C3CC3)n(-c3ccccc3)n2)n2ncnc2n1. The van der Waals surface area contributed by atoms with Gasteiger partial charge in [0.05, 0.1) is 5.69 Å². The number of hydrogen-bond donors (Lipinski definition) is 0. The van der Waals surface area contributed by atoms with Crippen LogP contribution in [0.25, 0.3) is 11.5 Å². The first-order chi connectivity index (χ1) is 12.3. The van der Waals surface area contributed by atoms with Crippen LogP contribution in [0.2, 0.25) is 0 Å². The number of aryl methyl sites for hydroxylation is 1. The molecule has 1 fully saturated rings. The molecule has 0 amide bonds. The summed E-state index contributed by atoms with van der Waals surface area (Å²) >= 11 is 1.49. The minimum Gasteiger partial charge on any atom is -0.216 e. The quantitative estimate of drug-likeness (QED) is 0.527. The molecule has 1 aliphatic rings. The molecule has 1 aliphatic carbocycles. The Bertz CT molecular complexity index is 1050. The smallest absolute Gasteiger partial charge is 0.216 e. The third-order valence-corrected chi connectivity index (χ3v) is 4.95. The van der Waals surface area contributed by atoms with E-state index in [1.165, 1.54) is 30.9 Å². The predicted octanol–water partition coefficient (Wildman–Crippen LogP) is 3.04. The zero-order chi connectivity index (χ0) is 16.8. The number of aromatic nitrogens is 7. The lowest BCUT2D eigenvalue weighted by atomic mass is 10.3. The number of benzene rings is 1. The third kappa shape index (κ3) is 2.68. The highest BCUT2D eigenvalue weighted by atomic mass is 32.2. The molecule has 0 N–H and O–H groups in total. The zero-order valence-corrected chi connectivity index (χ0v) is 14.4. The molecule has 0 unspecified atom stereocenters. The molecule has 0 saturated heterocycles. The normalized spacial score (nSPS) is 14.3. The summed E-state index contributed by atoms with van der Waals surface area (Å²) in [5, 5.41) is 10.6. The second kappa shape index (κ2) is 5.66. The van der Waals surface area contributed by atoms with Crippen molar-refractivity contribution in [1.82, 2.24) is 34.3 Å². The van der Waals surface area contributed by atoms with Gasteiger partial charge >= 0.3 is 0 Å². The summed E-state index contributed by atoms with van der Waals surface area (Å²) < 4.78 is 3.68. The van der Waals surface area contributed by atoms with E-state index < -0.39 is 0 Å². The van der Waals surface area contributed by atoms with E-state index in [4.69, 9.17) is 10.1 Å². The molecule has 3 heterocycles. The maximum atomic E-state index is 4.80. The molecular formula is C17H15N7S. The Balaban J connectivity index is 1.57. The maximum Gasteiger partial charge on any atom is 0.253 e. The summed E-state index contributed by atoms with van der Waals surface area (Å²) in [5.74, 6) is 2.13. The number of para-hydroxylation sites is 1. The number of rotatable bonds is 4. The summed E-state index contributed by atoms with van der Waals surface area (Å²) in [6.45, 7) is 1.95. The average Bonchev–Trinajstić information content (AvgIpc) is 3.21. The number of fused-ring (bicyclic) bond motifs is 1. The van der Waals surface area contributed by atoms with Crippen LogP contribution in [0.1, 0.15) is 30.3 Å². The molecule has 1 aromatic carbocycles. The molecule has 4 aromatic rings. The monoisotopic (exact) mass is 349 g/mol. The summed E-state index contributed by atoms with van der Waals surface area (Å²) in [5.41, 5.74) is 1.94. The molecular weight excluding hydrogens is 334 g/mol. The Kier molecular flexibility index (Phi) is 3.30. The van der Waals surface area contributed by atoms with Gasteiger partial charge < -0.3 is 0 Å². The van der Waals surface area contributed by atoms with E-state index >= 15 is 0 Å². The van der Waals surface area contributed by atoms with Crippen molar-refractivity contribution < 1.29 is 0 Å². The van der Waals surface area contributed by atoms with Gasteiger partial charge in [-0.3, -0.25) is 0 Å². The van der Waals surface area contributed by atoms with Gasteiger partial charge in [-0.1, -0.05) is 18.2 Å². The van der Waals surface area contributed by atoms with Crippen molar-refractivity contribution in [2.45, 2.75) is 35.9 Å². The average molecular weight is 349 g/mol. The van der Waals surface area contributed by atoms with E-state index in [0.717, 1.165) is 22.2 Å². The Hall–Kier alpha value is -2.74. The zero-order valence-electron chi connectivity index (χ0n) is 13.6. The third-order valence-electron chi connectivity index (χ3n) is 4.10. The molecule has 124 valence electrons. The van der Waals surface area contributed by atoms with Crippen molar-refractivity contribution in [2.24, 2.45) is 0 Å². The van der Waals surface area contributed by atoms with E-state index in [1.54, 1.807) is 4.52 Å². The highest BCUT2D eigenvalue weighted by Gasteiger charge is 2.30. The summed E-state index contributed by atoms with van der Waals surface area (Å²) in [6.07, 6.45) is 3.87. The maximum absolute atomic E-state index is 4.80. The number of hydrogen-bond acceptors (Lipinski definition) is 6. The minimum absolute atomic E-state index is 0.507. The van der Waals surface area contributed by atoms with Crippen LogP contribution in [0, 0.1) is 6.92 Å². The highest BCUT2D eigenvalue weighted by Crippen LogP contribution is 2.41. The molecule has 0 atom stereocenters. The van der Waals surface area contributed by atoms with Crippen LogP contribution in [-0.2, 0) is 0 Å². The topological polar surface area (TPSA) is 73.8 Å². The van der Waals surface area contributed by atoms with Gasteiger partial charge in [0.25, 0.3) is 5.78 Å². The molecule has 0 radical (unpaired) electrons. The fourth-order valence-corrected chi connectivity index (χ4v) is 3.67. The molecule has 7 nitrogen and oxygen atoms in total. The Morgan fingerprint density at radius 1 is 1.12 bits per heavy atom. The molecule has 0 aliphatic heterocycles. The fourth-order valence-electron chi connectivity index (χ4n) is 2.78. The van der Waals surface area contributed by atoms with Gasteiger partial charge in [-0.05, 0) is 49.7 Å². The van der Waals surface area contributed by atoms with Gasteiger partial charge in [0.15, 0.2) is 0 Å². The summed E-state index contributed by atoms with van der Waals surface area (Å²) in [4.78, 5) is 13.3. The predicted molar refractivity (Wildman–Crippen MR) is 93.0 cm³/mol. The summed E-state index contributed by atoms with van der Waals surface area (Å²) in [7, 11) is 0. The van der Waals surface area contributed by atoms with Crippen molar-refractivity contribution in [3.63, 3.8) is 0 Å². The first-order valence-corrected chi connectivity index (χ1v) is 8.97. The largest absolute Gasteiger partial charge is 0.253 e. The lowest BCUT2D eigenvalue weighted by Gasteiger charge is -2.03. The van der Waals surface area contributed by atoms with Gasteiger partial charge in [0.1, 0.15) is 17.2 Å². The van der Waals surface area contributed by atoms with Crippen molar-refractivity contribution >= 4 is 17.5 Å². The van der Waals surface area contributed by atoms with Crippen molar-refractivity contribution in [1.29, 1.82) is 0 Å². The van der Waals surface area contributed by atoms with Crippen molar-refractivity contribution in [3.8, 4) is 5.69 Å². The van der Waals surface area contributed by atoms with Gasteiger partial charge in [-0.2, -0.15) is 14.6 Å². The van der Waals surface area contributed by atoms with Gasteiger partial charge in [-0.15, -0.1) is 5.10 Å². The van der Waals surface area contributed by atoms with Crippen molar-refractivity contribution in [3.05, 3.63) is 54.2 Å². The van der Waals surface area contributed by atoms with Gasteiger partial charge in [0, 0.05) is 11.6 Å². The fraction of sp³-hybridized carbons (Fsp3) is 0.235. The van der Waals surface area contributed by atoms with Crippen LogP contribution in [-0.4, -0.2) is 34.3 Å². The van der Waals surface area contributed by atoms with E-state index in [2.05, 4.69) is 27.2 Å². The molecule has 25 heavy (non-hydrogen) atoms. The van der Waals surface area contributed by atoms with Gasteiger partial charge in [-0.25, -0.2) is 14.6 Å². The standard InChI is InChI=1S/C17H15N7S/c1-11-9-14(24-16(20-11)18-10-19-24)25-17-21-15(12-7-8-12)23(22-17)13-5-3-2-4-6-13/h2-6,9-10,12H,7-8H2,1H3. The van der Waals surface area contributed by atoms with E-state index in [-0.39, 0.29) is 0 Å². The second-order valence-corrected chi connectivity index (χ2v) is 7.07. The highest BCUT2D eigenvalue weighted by molar-refractivity contribution is 7.99. The van der Waals surface area contributed by atoms with Crippen LogP contribution in [0.5, 0.6) is 0 Å². The molecule has 1 saturated carbocycles. The minimum atomic E-state index is 0.507. The van der Waals surface area contributed by atoms with E-state index in [9.17, 15) is 0 Å². The first kappa shape index (κ1) is 14.6. The van der Waals surface area contributed by atoms with Crippen LogP contribution in [0.3, 0.4) is 0 Å². The second-order valence-electron chi connectivity index (χ2n) is 6.08. The molecule has 0 spiro atoms. The first-order valence-electron chi connectivity index (χ1n) is 8.15.